The highest BCUT2D eigenvalue weighted by Crippen LogP contribution is 2.22. The van der Waals surface area contributed by atoms with Crippen molar-refractivity contribution < 1.29 is 9.72 Å². The maximum atomic E-state index is 11.6. The molecule has 0 heterocycles. The van der Waals surface area contributed by atoms with Crippen molar-refractivity contribution in [2.24, 2.45) is 0 Å². The Hall–Kier alpha value is -2.11. The van der Waals surface area contributed by atoms with Crippen molar-refractivity contribution in [3.63, 3.8) is 0 Å². The molecule has 0 fully saturated rings. The van der Waals surface area contributed by atoms with E-state index >= 15 is 0 Å². The van der Waals surface area contributed by atoms with Crippen molar-refractivity contribution in [2.75, 3.05) is 11.9 Å². The third-order valence-electron chi connectivity index (χ3n) is 2.98. The second kappa shape index (κ2) is 8.14. The van der Waals surface area contributed by atoms with Crippen LogP contribution in [0, 0.1) is 17.0 Å². The van der Waals surface area contributed by atoms with Crippen LogP contribution >= 0.6 is 0 Å². The smallest absolute Gasteiger partial charge is 0.319 e. The van der Waals surface area contributed by atoms with Gasteiger partial charge in [-0.25, -0.2) is 4.79 Å². The Bertz CT molecular complexity index is 475. The highest BCUT2D eigenvalue weighted by Gasteiger charge is 2.11. The molecule has 0 unspecified atom stereocenters. The Labute approximate surface area is 118 Å². The second-order valence-corrected chi connectivity index (χ2v) is 4.70. The third kappa shape index (κ3) is 5.26. The number of aryl methyl sites for hydroxylation is 1. The van der Waals surface area contributed by atoms with Crippen molar-refractivity contribution in [1.29, 1.82) is 0 Å². The Morgan fingerprint density at radius 3 is 2.70 bits per heavy atom. The third-order valence-corrected chi connectivity index (χ3v) is 2.98. The predicted octanol–water partition coefficient (Wildman–Crippen LogP) is 3.61. The lowest BCUT2D eigenvalue weighted by molar-refractivity contribution is -0.385. The number of anilines is 1. The molecule has 1 rings (SSSR count). The molecule has 20 heavy (non-hydrogen) atoms. The number of rotatable bonds is 7. The van der Waals surface area contributed by atoms with E-state index in [1.807, 2.05) is 0 Å². The summed E-state index contributed by atoms with van der Waals surface area (Å²) in [5, 5.41) is 16.1. The number of benzene rings is 1. The van der Waals surface area contributed by atoms with Gasteiger partial charge in [0.1, 0.15) is 0 Å². The van der Waals surface area contributed by atoms with E-state index in [1.54, 1.807) is 19.1 Å². The number of carbonyl (C=O) groups is 1. The van der Waals surface area contributed by atoms with E-state index in [2.05, 4.69) is 17.6 Å². The van der Waals surface area contributed by atoms with Gasteiger partial charge in [-0.1, -0.05) is 32.3 Å². The van der Waals surface area contributed by atoms with Crippen molar-refractivity contribution >= 4 is 17.4 Å². The van der Waals surface area contributed by atoms with Gasteiger partial charge in [-0.05, 0) is 19.4 Å². The first-order valence-corrected chi connectivity index (χ1v) is 6.84. The number of unbranched alkanes of at least 4 members (excludes halogenated alkanes) is 3. The summed E-state index contributed by atoms with van der Waals surface area (Å²) in [5.74, 6) is 0. The minimum absolute atomic E-state index is 0.00532. The summed E-state index contributed by atoms with van der Waals surface area (Å²) in [6.45, 7) is 4.40. The summed E-state index contributed by atoms with van der Waals surface area (Å²) in [4.78, 5) is 22.0. The minimum Gasteiger partial charge on any atom is -0.338 e. The first-order chi connectivity index (χ1) is 9.54. The van der Waals surface area contributed by atoms with Gasteiger partial charge in [0, 0.05) is 23.9 Å². The molecule has 0 saturated heterocycles. The molecule has 0 radical (unpaired) electrons. The summed E-state index contributed by atoms with van der Waals surface area (Å²) in [5.41, 5.74) is 1.000. The molecule has 1 aromatic carbocycles. The number of nitrogens with one attached hydrogen (secondary N) is 2. The molecule has 0 aromatic heterocycles. The van der Waals surface area contributed by atoms with Crippen LogP contribution in [0.4, 0.5) is 16.2 Å². The van der Waals surface area contributed by atoms with Crippen LogP contribution in [-0.4, -0.2) is 17.5 Å². The summed E-state index contributed by atoms with van der Waals surface area (Å²) in [6, 6.07) is 4.31. The number of nitro benzene ring substituents is 1. The van der Waals surface area contributed by atoms with Gasteiger partial charge in [-0.3, -0.25) is 10.1 Å². The number of hydrogen-bond donors (Lipinski definition) is 2. The summed E-state index contributed by atoms with van der Waals surface area (Å²) < 4.78 is 0. The lowest BCUT2D eigenvalue weighted by Gasteiger charge is -2.08. The Kier molecular flexibility index (Phi) is 6.49. The van der Waals surface area contributed by atoms with E-state index < -0.39 is 4.92 Å². The molecule has 6 nitrogen and oxygen atoms in total. The highest BCUT2D eigenvalue weighted by molar-refractivity contribution is 5.89. The first-order valence-electron chi connectivity index (χ1n) is 6.84. The van der Waals surface area contributed by atoms with Crippen LogP contribution in [0.1, 0.15) is 38.2 Å². The largest absolute Gasteiger partial charge is 0.338 e. The molecular formula is C14H21N3O3. The fraction of sp³-hybridized carbons (Fsp3) is 0.500. The van der Waals surface area contributed by atoms with Crippen molar-refractivity contribution in [1.82, 2.24) is 5.32 Å². The van der Waals surface area contributed by atoms with E-state index in [9.17, 15) is 14.9 Å². The van der Waals surface area contributed by atoms with Crippen LogP contribution in [0.5, 0.6) is 0 Å². The van der Waals surface area contributed by atoms with E-state index in [0.717, 1.165) is 25.7 Å². The summed E-state index contributed by atoms with van der Waals surface area (Å²) in [7, 11) is 0. The quantitative estimate of drug-likeness (QED) is 0.454. The SMILES string of the molecule is CCCCCCNC(=O)Nc1ccc(C)c([N+](=O)[O-])c1. The zero-order chi connectivity index (χ0) is 15.0. The zero-order valence-electron chi connectivity index (χ0n) is 11.9. The fourth-order valence-corrected chi connectivity index (χ4v) is 1.81. The summed E-state index contributed by atoms with van der Waals surface area (Å²) in [6.07, 6.45) is 4.34. The number of nitro groups is 1. The molecule has 110 valence electrons. The molecule has 0 saturated carbocycles. The number of nitrogens with zero attached hydrogens (tertiary/aromatic N) is 1. The van der Waals surface area contributed by atoms with E-state index in [-0.39, 0.29) is 11.7 Å². The molecule has 6 heteroatoms. The average Bonchev–Trinajstić information content (AvgIpc) is 2.40. The molecule has 0 aliphatic rings. The molecule has 2 N–H and O–H groups in total. The summed E-state index contributed by atoms with van der Waals surface area (Å²) >= 11 is 0. The molecule has 0 aliphatic carbocycles. The Balaban J connectivity index is 2.46. The standard InChI is InChI=1S/C14H21N3O3/c1-3-4-5-6-9-15-14(18)16-12-8-7-11(2)13(10-12)17(19)20/h7-8,10H,3-6,9H2,1-2H3,(H2,15,16,18). The second-order valence-electron chi connectivity index (χ2n) is 4.70. The van der Waals surface area contributed by atoms with Gasteiger partial charge in [-0.15, -0.1) is 0 Å². The average molecular weight is 279 g/mol. The molecule has 1 aromatic rings. The van der Waals surface area contributed by atoms with Crippen LogP contribution in [0.2, 0.25) is 0 Å². The number of amides is 2. The van der Waals surface area contributed by atoms with Crippen molar-refractivity contribution in [3.05, 3.63) is 33.9 Å². The van der Waals surface area contributed by atoms with Gasteiger partial charge in [0.25, 0.3) is 5.69 Å². The Morgan fingerprint density at radius 1 is 1.30 bits per heavy atom. The topological polar surface area (TPSA) is 84.3 Å². The lowest BCUT2D eigenvalue weighted by Crippen LogP contribution is -2.29. The first kappa shape index (κ1) is 15.9. The van der Waals surface area contributed by atoms with Gasteiger partial charge in [0.05, 0.1) is 4.92 Å². The maximum absolute atomic E-state index is 11.6. The van der Waals surface area contributed by atoms with Crippen molar-refractivity contribution in [2.45, 2.75) is 39.5 Å². The van der Waals surface area contributed by atoms with Gasteiger partial charge in [0.2, 0.25) is 0 Å². The molecule has 0 bridgehead atoms. The van der Waals surface area contributed by atoms with Gasteiger partial charge in [-0.2, -0.15) is 0 Å². The van der Waals surface area contributed by atoms with E-state index in [0.29, 0.717) is 17.8 Å². The predicted molar refractivity (Wildman–Crippen MR) is 79.0 cm³/mol. The normalized spacial score (nSPS) is 10.1. The number of urea groups is 1. The molecule has 0 aliphatic heterocycles. The molecular weight excluding hydrogens is 258 g/mol. The van der Waals surface area contributed by atoms with Gasteiger partial charge < -0.3 is 10.6 Å². The molecule has 2 amide bonds. The van der Waals surface area contributed by atoms with Crippen LogP contribution < -0.4 is 10.6 Å². The van der Waals surface area contributed by atoms with Gasteiger partial charge in [0.15, 0.2) is 0 Å². The Morgan fingerprint density at radius 2 is 2.05 bits per heavy atom. The monoisotopic (exact) mass is 279 g/mol. The van der Waals surface area contributed by atoms with Crippen molar-refractivity contribution in [3.8, 4) is 0 Å². The maximum Gasteiger partial charge on any atom is 0.319 e. The van der Waals surface area contributed by atoms with Crippen LogP contribution in [-0.2, 0) is 0 Å². The number of hydrogen-bond acceptors (Lipinski definition) is 3. The zero-order valence-corrected chi connectivity index (χ0v) is 11.9. The lowest BCUT2D eigenvalue weighted by atomic mass is 10.2. The highest BCUT2D eigenvalue weighted by atomic mass is 16.6. The van der Waals surface area contributed by atoms with Crippen LogP contribution in [0.3, 0.4) is 0 Å². The fourth-order valence-electron chi connectivity index (χ4n) is 1.81. The van der Waals surface area contributed by atoms with E-state index in [4.69, 9.17) is 0 Å². The van der Waals surface area contributed by atoms with Gasteiger partial charge >= 0.3 is 6.03 Å². The van der Waals surface area contributed by atoms with E-state index in [1.165, 1.54) is 6.07 Å². The number of carbonyl (C=O) groups excluding carboxylic acids is 1. The molecule has 0 atom stereocenters. The van der Waals surface area contributed by atoms with Crippen LogP contribution in [0.15, 0.2) is 18.2 Å². The minimum atomic E-state index is -0.455. The van der Waals surface area contributed by atoms with Crippen LogP contribution in [0.25, 0.3) is 0 Å². The molecule has 0 spiro atoms.